The van der Waals surface area contributed by atoms with E-state index in [2.05, 4.69) is 15.3 Å². The second-order valence-electron chi connectivity index (χ2n) is 5.76. The maximum absolute atomic E-state index is 12.1. The number of hydrogen-bond donors (Lipinski definition) is 2. The van der Waals surface area contributed by atoms with Crippen molar-refractivity contribution in [3.63, 3.8) is 0 Å². The molecule has 6 nitrogen and oxygen atoms in total. The summed E-state index contributed by atoms with van der Waals surface area (Å²) in [4.78, 5) is 33.1. The third kappa shape index (κ3) is 4.43. The molecular weight excluding hydrogens is 340 g/mol. The Bertz CT molecular complexity index is 953. The number of rotatable bonds is 5. The number of likely N-dealkylation sites (N-methyl/N-ethyl adjacent to an activating group) is 1. The van der Waals surface area contributed by atoms with Gasteiger partial charge in [-0.2, -0.15) is 0 Å². The number of benzene rings is 2. The van der Waals surface area contributed by atoms with Gasteiger partial charge in [0, 0.05) is 10.7 Å². The number of nitrogens with one attached hydrogen (secondary N) is 2. The lowest BCUT2D eigenvalue weighted by molar-refractivity contribution is -0.117. The zero-order valence-electron chi connectivity index (χ0n) is 13.6. The summed E-state index contributed by atoms with van der Waals surface area (Å²) in [6, 6.07) is 14.1. The number of aromatic amines is 1. The molecule has 2 N–H and O–H groups in total. The van der Waals surface area contributed by atoms with Gasteiger partial charge >= 0.3 is 0 Å². The lowest BCUT2D eigenvalue weighted by Gasteiger charge is -2.16. The summed E-state index contributed by atoms with van der Waals surface area (Å²) in [5.41, 5.74) is 1.14. The number of aromatic nitrogens is 2. The number of nitrogens with zero attached hydrogens (tertiary/aromatic N) is 2. The first-order valence-electron chi connectivity index (χ1n) is 7.73. The van der Waals surface area contributed by atoms with Gasteiger partial charge in [-0.05, 0) is 43.4 Å². The number of hydrogen-bond acceptors (Lipinski definition) is 4. The molecule has 1 heterocycles. The van der Waals surface area contributed by atoms with Crippen LogP contribution in [0.5, 0.6) is 0 Å². The molecule has 0 spiro atoms. The van der Waals surface area contributed by atoms with Gasteiger partial charge in [-0.25, -0.2) is 4.98 Å². The Balaban J connectivity index is 1.64. The average Bonchev–Trinajstić information content (AvgIpc) is 2.57. The Morgan fingerprint density at radius 3 is 2.68 bits per heavy atom. The zero-order valence-corrected chi connectivity index (χ0v) is 14.4. The molecule has 1 amide bonds. The van der Waals surface area contributed by atoms with Gasteiger partial charge in [0.1, 0.15) is 5.82 Å². The van der Waals surface area contributed by atoms with E-state index >= 15 is 0 Å². The molecule has 0 saturated heterocycles. The number of anilines is 1. The summed E-state index contributed by atoms with van der Waals surface area (Å²) in [7, 11) is 1.79. The fourth-order valence-corrected chi connectivity index (χ4v) is 2.63. The predicted octanol–water partition coefficient (Wildman–Crippen LogP) is 2.65. The molecule has 0 fully saturated rings. The van der Waals surface area contributed by atoms with Crippen LogP contribution in [0.1, 0.15) is 5.82 Å². The molecule has 25 heavy (non-hydrogen) atoms. The molecule has 0 saturated carbocycles. The predicted molar refractivity (Wildman–Crippen MR) is 98.8 cm³/mol. The number of H-pyrrole nitrogens is 1. The van der Waals surface area contributed by atoms with Crippen LogP contribution < -0.4 is 10.9 Å². The van der Waals surface area contributed by atoms with E-state index in [0.29, 0.717) is 34.0 Å². The van der Waals surface area contributed by atoms with Crippen molar-refractivity contribution in [2.24, 2.45) is 0 Å². The van der Waals surface area contributed by atoms with Gasteiger partial charge in [0.25, 0.3) is 5.56 Å². The molecule has 3 aromatic rings. The van der Waals surface area contributed by atoms with Gasteiger partial charge in [-0.3, -0.25) is 14.5 Å². The Morgan fingerprint density at radius 2 is 1.92 bits per heavy atom. The second kappa shape index (κ2) is 7.46. The highest BCUT2D eigenvalue weighted by Gasteiger charge is 2.10. The van der Waals surface area contributed by atoms with E-state index in [9.17, 15) is 9.59 Å². The van der Waals surface area contributed by atoms with Crippen LogP contribution in [-0.2, 0) is 11.3 Å². The fraction of sp³-hybridized carbons (Fsp3) is 0.167. The number of carbonyl (C=O) groups excluding carboxylic acids is 1. The van der Waals surface area contributed by atoms with Crippen molar-refractivity contribution in [3.05, 3.63) is 69.7 Å². The third-order valence-electron chi connectivity index (χ3n) is 3.62. The van der Waals surface area contributed by atoms with Crippen molar-refractivity contribution >= 4 is 34.1 Å². The van der Waals surface area contributed by atoms with E-state index < -0.39 is 0 Å². The van der Waals surface area contributed by atoms with Crippen LogP contribution in [0.3, 0.4) is 0 Å². The van der Waals surface area contributed by atoms with Crippen LogP contribution in [0.25, 0.3) is 10.9 Å². The Hall–Kier alpha value is -2.70. The molecule has 0 radical (unpaired) electrons. The first-order valence-corrected chi connectivity index (χ1v) is 8.11. The standard InChI is InChI=1S/C18H17ClN4O2/c1-23(11-17(24)20-13-8-6-12(19)7-9-13)10-16-21-15-5-3-2-4-14(15)18(25)22-16/h2-9H,10-11H2,1H3,(H,20,24)(H,21,22,25). The van der Waals surface area contributed by atoms with Crippen LogP contribution >= 0.6 is 11.6 Å². The Kier molecular flexibility index (Phi) is 5.11. The smallest absolute Gasteiger partial charge is 0.258 e. The van der Waals surface area contributed by atoms with Crippen molar-refractivity contribution in [2.45, 2.75) is 6.54 Å². The summed E-state index contributed by atoms with van der Waals surface area (Å²) >= 11 is 5.82. The van der Waals surface area contributed by atoms with Crippen LogP contribution in [-0.4, -0.2) is 34.4 Å². The molecule has 0 aliphatic carbocycles. The van der Waals surface area contributed by atoms with Crippen molar-refractivity contribution in [1.82, 2.24) is 14.9 Å². The van der Waals surface area contributed by atoms with Crippen molar-refractivity contribution in [3.8, 4) is 0 Å². The summed E-state index contributed by atoms with van der Waals surface area (Å²) in [6.45, 7) is 0.521. The highest BCUT2D eigenvalue weighted by molar-refractivity contribution is 6.30. The molecular formula is C18H17ClN4O2. The summed E-state index contributed by atoms with van der Waals surface area (Å²) in [6.07, 6.45) is 0. The number of para-hydroxylation sites is 1. The Morgan fingerprint density at radius 1 is 1.20 bits per heavy atom. The van der Waals surface area contributed by atoms with Crippen molar-refractivity contribution in [2.75, 3.05) is 18.9 Å². The summed E-state index contributed by atoms with van der Waals surface area (Å²) < 4.78 is 0. The van der Waals surface area contributed by atoms with E-state index in [4.69, 9.17) is 11.6 Å². The van der Waals surface area contributed by atoms with E-state index in [-0.39, 0.29) is 18.0 Å². The topological polar surface area (TPSA) is 78.1 Å². The lowest BCUT2D eigenvalue weighted by Crippen LogP contribution is -2.31. The maximum atomic E-state index is 12.1. The molecule has 3 rings (SSSR count). The Labute approximate surface area is 149 Å². The summed E-state index contributed by atoms with van der Waals surface area (Å²) in [5.74, 6) is 0.360. The molecule has 0 aliphatic rings. The largest absolute Gasteiger partial charge is 0.325 e. The third-order valence-corrected chi connectivity index (χ3v) is 3.88. The highest BCUT2D eigenvalue weighted by Crippen LogP contribution is 2.13. The minimum absolute atomic E-state index is 0.159. The SMILES string of the molecule is CN(CC(=O)Nc1ccc(Cl)cc1)Cc1nc2ccccc2c(=O)[nH]1. The molecule has 2 aromatic carbocycles. The zero-order chi connectivity index (χ0) is 17.8. The molecule has 0 aliphatic heterocycles. The molecule has 0 bridgehead atoms. The van der Waals surface area contributed by atoms with Crippen LogP contribution in [0, 0.1) is 0 Å². The second-order valence-corrected chi connectivity index (χ2v) is 6.19. The quantitative estimate of drug-likeness (QED) is 0.736. The normalized spacial score (nSPS) is 11.0. The van der Waals surface area contributed by atoms with Gasteiger partial charge in [0.2, 0.25) is 5.91 Å². The average molecular weight is 357 g/mol. The van der Waals surface area contributed by atoms with Gasteiger partial charge < -0.3 is 10.3 Å². The maximum Gasteiger partial charge on any atom is 0.258 e. The molecule has 0 atom stereocenters. The van der Waals surface area contributed by atoms with Gasteiger partial charge in [-0.1, -0.05) is 23.7 Å². The first kappa shape index (κ1) is 17.1. The monoisotopic (exact) mass is 356 g/mol. The van der Waals surface area contributed by atoms with Gasteiger partial charge in [0.05, 0.1) is 24.0 Å². The minimum Gasteiger partial charge on any atom is -0.325 e. The van der Waals surface area contributed by atoms with E-state index in [1.54, 1.807) is 54.4 Å². The lowest BCUT2D eigenvalue weighted by atomic mass is 10.2. The van der Waals surface area contributed by atoms with Crippen LogP contribution in [0.15, 0.2) is 53.3 Å². The van der Waals surface area contributed by atoms with Crippen molar-refractivity contribution < 1.29 is 4.79 Å². The van der Waals surface area contributed by atoms with Gasteiger partial charge in [-0.15, -0.1) is 0 Å². The number of halogens is 1. The number of amides is 1. The number of carbonyl (C=O) groups is 1. The molecule has 0 unspecified atom stereocenters. The van der Waals surface area contributed by atoms with E-state index in [1.165, 1.54) is 0 Å². The highest BCUT2D eigenvalue weighted by atomic mass is 35.5. The molecule has 128 valence electrons. The fourth-order valence-electron chi connectivity index (χ4n) is 2.50. The van der Waals surface area contributed by atoms with Gasteiger partial charge in [0.15, 0.2) is 0 Å². The van der Waals surface area contributed by atoms with E-state index in [1.807, 2.05) is 6.07 Å². The van der Waals surface area contributed by atoms with E-state index in [0.717, 1.165) is 0 Å². The first-order chi connectivity index (χ1) is 12.0. The molecule has 7 heteroatoms. The van der Waals surface area contributed by atoms with Crippen LogP contribution in [0.4, 0.5) is 5.69 Å². The summed E-state index contributed by atoms with van der Waals surface area (Å²) in [5, 5.41) is 3.96. The van der Waals surface area contributed by atoms with Crippen molar-refractivity contribution in [1.29, 1.82) is 0 Å². The molecule has 1 aromatic heterocycles. The number of fused-ring (bicyclic) bond motifs is 1. The minimum atomic E-state index is -0.181. The van der Waals surface area contributed by atoms with Crippen LogP contribution in [0.2, 0.25) is 5.02 Å².